The molecule has 13 heteroatoms. The van der Waals surface area contributed by atoms with Gasteiger partial charge in [0.05, 0.1) is 0 Å². The van der Waals surface area contributed by atoms with Crippen molar-refractivity contribution in [1.29, 1.82) is 0 Å². The van der Waals surface area contributed by atoms with Crippen LogP contribution in [0.1, 0.15) is 22.6 Å². The van der Waals surface area contributed by atoms with Crippen molar-refractivity contribution >= 4 is 11.4 Å². The molecule has 2 aromatic heterocycles. The zero-order valence-electron chi connectivity index (χ0n) is 24.7. The van der Waals surface area contributed by atoms with E-state index in [1.165, 1.54) is 24.3 Å². The van der Waals surface area contributed by atoms with Crippen LogP contribution in [0.5, 0.6) is 34.5 Å². The molecule has 240 valence electrons. The first-order valence-electron chi connectivity index (χ1n) is 14.4. The fourth-order valence-electron chi connectivity index (χ4n) is 4.74. The molecular weight excluding hydrogens is 608 g/mol. The molecule has 47 heavy (non-hydrogen) atoms. The van der Waals surface area contributed by atoms with Crippen molar-refractivity contribution in [1.82, 2.24) is 10.3 Å². The lowest BCUT2D eigenvalue weighted by molar-refractivity contribution is 0.0727. The number of hydrogen-bond acceptors (Lipinski definition) is 13. The summed E-state index contributed by atoms with van der Waals surface area (Å²) in [5, 5.41) is 72.3. The van der Waals surface area contributed by atoms with Crippen LogP contribution >= 0.6 is 0 Å². The van der Waals surface area contributed by atoms with Gasteiger partial charge in [-0.25, -0.2) is 0 Å². The highest BCUT2D eigenvalue weighted by atomic mass is 16.5. The summed E-state index contributed by atoms with van der Waals surface area (Å²) < 4.78 is 16.6. The Hall–Kier alpha value is -6.34. The predicted octanol–water partition coefficient (Wildman–Crippen LogP) is 6.17. The Morgan fingerprint density at radius 3 is 1.23 bits per heavy atom. The van der Waals surface area contributed by atoms with Crippen molar-refractivity contribution in [2.75, 3.05) is 10.6 Å². The van der Waals surface area contributed by atoms with Crippen LogP contribution in [0.3, 0.4) is 0 Å². The second-order valence-corrected chi connectivity index (χ2v) is 10.7. The molecule has 6 rings (SSSR count). The summed E-state index contributed by atoms with van der Waals surface area (Å²) >= 11 is 0. The van der Waals surface area contributed by atoms with Crippen molar-refractivity contribution in [3.63, 3.8) is 0 Å². The van der Waals surface area contributed by atoms with Gasteiger partial charge in [0, 0.05) is 47.7 Å². The van der Waals surface area contributed by atoms with Gasteiger partial charge in [-0.3, -0.25) is 0 Å². The number of ether oxygens (including phenoxy) is 1. The standard InChI is InChI=1S/C34H30N4O9/c39-29-9-19(10-30(40)33(29)43)15-35-23-5-1-21(2-6-23)27-13-25(46-37-27)17-45-18-26-14-28(38-47-26)22-3-7-24(8-4-22)36-16-20-11-31(41)34(44)32(42)12-20/h1-14,35-36,39-44H,15-18H2. The molecule has 0 unspecified atom stereocenters. The lowest BCUT2D eigenvalue weighted by Crippen LogP contribution is -1.99. The lowest BCUT2D eigenvalue weighted by atomic mass is 10.1. The number of aromatic hydroxyl groups is 6. The van der Waals surface area contributed by atoms with E-state index in [2.05, 4.69) is 20.9 Å². The third-order valence-corrected chi connectivity index (χ3v) is 7.22. The first-order valence-corrected chi connectivity index (χ1v) is 14.4. The van der Waals surface area contributed by atoms with E-state index in [1.54, 1.807) is 12.1 Å². The van der Waals surface area contributed by atoms with E-state index >= 15 is 0 Å². The molecule has 0 amide bonds. The Balaban J connectivity index is 0.964. The quantitative estimate of drug-likeness (QED) is 0.0707. The summed E-state index contributed by atoms with van der Waals surface area (Å²) in [6.07, 6.45) is 0. The number of anilines is 2. The molecule has 0 fully saturated rings. The Kier molecular flexibility index (Phi) is 8.71. The monoisotopic (exact) mass is 638 g/mol. The van der Waals surface area contributed by atoms with E-state index < -0.39 is 11.5 Å². The van der Waals surface area contributed by atoms with E-state index in [0.29, 0.717) is 47.1 Å². The molecule has 4 aromatic carbocycles. The molecule has 0 atom stereocenters. The van der Waals surface area contributed by atoms with Gasteiger partial charge in [-0.15, -0.1) is 0 Å². The molecule has 2 heterocycles. The third-order valence-electron chi connectivity index (χ3n) is 7.22. The molecule has 0 saturated carbocycles. The first-order chi connectivity index (χ1) is 22.7. The van der Waals surface area contributed by atoms with Gasteiger partial charge in [0.1, 0.15) is 24.6 Å². The number of benzene rings is 4. The number of aromatic nitrogens is 2. The van der Waals surface area contributed by atoms with Crippen LogP contribution in [-0.2, 0) is 31.0 Å². The summed E-state index contributed by atoms with van der Waals surface area (Å²) in [4.78, 5) is 0. The highest BCUT2D eigenvalue weighted by Crippen LogP contribution is 2.36. The van der Waals surface area contributed by atoms with Crippen LogP contribution < -0.4 is 10.6 Å². The van der Waals surface area contributed by atoms with Crippen LogP contribution in [-0.4, -0.2) is 41.0 Å². The van der Waals surface area contributed by atoms with E-state index in [1.807, 2.05) is 48.5 Å². The van der Waals surface area contributed by atoms with Crippen molar-refractivity contribution in [2.45, 2.75) is 26.3 Å². The highest BCUT2D eigenvalue weighted by molar-refractivity contribution is 5.64. The second-order valence-electron chi connectivity index (χ2n) is 10.7. The average molecular weight is 639 g/mol. The SMILES string of the molecule is Oc1cc(CNc2ccc(-c3cc(COCc4cc(-c5ccc(NCc6cc(O)c(O)c(O)c6)cc5)no4)on3)cc2)cc(O)c1O. The molecule has 0 aliphatic carbocycles. The van der Waals surface area contributed by atoms with Crippen LogP contribution in [0.2, 0.25) is 0 Å². The molecule has 0 radical (unpaired) electrons. The molecule has 0 bridgehead atoms. The molecule has 0 spiro atoms. The Labute approximate surface area is 267 Å². The Bertz CT molecular complexity index is 1800. The molecule has 0 aliphatic heterocycles. The summed E-state index contributed by atoms with van der Waals surface area (Å²) in [7, 11) is 0. The summed E-state index contributed by atoms with van der Waals surface area (Å²) in [5.41, 5.74) is 5.77. The summed E-state index contributed by atoms with van der Waals surface area (Å²) in [6.45, 7) is 0.997. The van der Waals surface area contributed by atoms with Gasteiger partial charge in [0.15, 0.2) is 46.0 Å². The number of hydrogen-bond donors (Lipinski definition) is 8. The maximum Gasteiger partial charge on any atom is 0.200 e. The lowest BCUT2D eigenvalue weighted by Gasteiger charge is -2.09. The number of nitrogens with one attached hydrogen (secondary N) is 2. The molecule has 8 N–H and O–H groups in total. The van der Waals surface area contributed by atoms with Gasteiger partial charge < -0.3 is 55.1 Å². The number of phenolic OH excluding ortho intramolecular Hbond substituents is 6. The van der Waals surface area contributed by atoms with Crippen LogP contribution in [0.15, 0.2) is 94.0 Å². The maximum atomic E-state index is 9.68. The first kappa shape index (κ1) is 30.7. The zero-order valence-corrected chi connectivity index (χ0v) is 24.7. The maximum absolute atomic E-state index is 9.68. The van der Waals surface area contributed by atoms with Gasteiger partial charge in [0.2, 0.25) is 0 Å². The third kappa shape index (κ3) is 7.32. The minimum absolute atomic E-state index is 0.173. The van der Waals surface area contributed by atoms with Gasteiger partial charge >= 0.3 is 0 Å². The smallest absolute Gasteiger partial charge is 0.200 e. The zero-order chi connectivity index (χ0) is 32.9. The molecular formula is C34H30N4O9. The van der Waals surface area contributed by atoms with Crippen molar-refractivity contribution in [3.8, 4) is 57.0 Å². The highest BCUT2D eigenvalue weighted by Gasteiger charge is 2.12. The molecule has 6 aromatic rings. The molecule has 13 nitrogen and oxygen atoms in total. The van der Waals surface area contributed by atoms with Crippen LogP contribution in [0.4, 0.5) is 11.4 Å². The Morgan fingerprint density at radius 2 is 0.872 bits per heavy atom. The topological polar surface area (TPSA) is 207 Å². The Morgan fingerprint density at radius 1 is 0.511 bits per heavy atom. The normalized spacial score (nSPS) is 11.1. The summed E-state index contributed by atoms with van der Waals surface area (Å²) in [6, 6.07) is 24.0. The predicted molar refractivity (Wildman–Crippen MR) is 170 cm³/mol. The number of phenols is 6. The largest absolute Gasteiger partial charge is 0.504 e. The van der Waals surface area contributed by atoms with Gasteiger partial charge in [-0.1, -0.05) is 34.6 Å². The molecule has 0 saturated heterocycles. The van der Waals surface area contributed by atoms with E-state index in [0.717, 1.165) is 22.5 Å². The minimum Gasteiger partial charge on any atom is -0.504 e. The van der Waals surface area contributed by atoms with Gasteiger partial charge in [0.25, 0.3) is 0 Å². The fourth-order valence-corrected chi connectivity index (χ4v) is 4.74. The number of rotatable bonds is 12. The van der Waals surface area contributed by atoms with E-state index in [4.69, 9.17) is 13.8 Å². The van der Waals surface area contributed by atoms with Crippen molar-refractivity contribution < 1.29 is 44.4 Å². The van der Waals surface area contributed by atoms with E-state index in [9.17, 15) is 30.6 Å². The van der Waals surface area contributed by atoms with Gasteiger partial charge in [-0.05, 0) is 59.7 Å². The molecule has 0 aliphatic rings. The number of nitrogens with zero attached hydrogens (tertiary/aromatic N) is 2. The minimum atomic E-state index is -0.548. The van der Waals surface area contributed by atoms with Crippen molar-refractivity contribution in [3.05, 3.63) is 108 Å². The van der Waals surface area contributed by atoms with Crippen LogP contribution in [0, 0.1) is 0 Å². The van der Waals surface area contributed by atoms with Crippen molar-refractivity contribution in [2.24, 2.45) is 0 Å². The van der Waals surface area contributed by atoms with E-state index in [-0.39, 0.29) is 36.2 Å². The fraction of sp³-hybridized carbons (Fsp3) is 0.118. The second kappa shape index (κ2) is 13.3. The van der Waals surface area contributed by atoms with Crippen LogP contribution in [0.25, 0.3) is 22.5 Å². The average Bonchev–Trinajstić information content (AvgIpc) is 3.75. The van der Waals surface area contributed by atoms with Gasteiger partial charge in [-0.2, -0.15) is 0 Å². The summed E-state index contributed by atoms with van der Waals surface area (Å²) in [5.74, 6) is -1.57.